The first-order valence-corrected chi connectivity index (χ1v) is 7.84. The molecule has 2 aliphatic rings. The predicted octanol–water partition coefficient (Wildman–Crippen LogP) is 1.01. The highest BCUT2D eigenvalue weighted by Gasteiger charge is 2.30. The zero-order chi connectivity index (χ0) is 14.7. The van der Waals surface area contributed by atoms with Crippen LogP contribution in [0.3, 0.4) is 0 Å². The molecule has 2 saturated heterocycles. The first-order chi connectivity index (χ1) is 10.3. The normalized spacial score (nSPS) is 21.0. The lowest BCUT2D eigenvalue weighted by molar-refractivity contribution is 0.130. The van der Waals surface area contributed by atoms with E-state index in [1.54, 1.807) is 0 Å². The van der Waals surface area contributed by atoms with E-state index >= 15 is 0 Å². The van der Waals surface area contributed by atoms with Gasteiger partial charge in [0, 0.05) is 38.6 Å². The minimum Gasteiger partial charge on any atom is -0.339 e. The topological polar surface area (TPSA) is 74.5 Å². The van der Waals surface area contributed by atoms with Crippen LogP contribution < -0.4 is 5.32 Å². The molecule has 1 aromatic heterocycles. The van der Waals surface area contributed by atoms with E-state index in [1.165, 1.54) is 0 Å². The van der Waals surface area contributed by atoms with E-state index in [4.69, 9.17) is 4.52 Å². The van der Waals surface area contributed by atoms with Gasteiger partial charge in [-0.2, -0.15) is 4.98 Å². The van der Waals surface area contributed by atoms with Gasteiger partial charge in [0.25, 0.3) is 0 Å². The van der Waals surface area contributed by atoms with E-state index in [9.17, 15) is 4.79 Å². The zero-order valence-corrected chi connectivity index (χ0v) is 12.5. The highest BCUT2D eigenvalue weighted by atomic mass is 16.5. The molecule has 0 unspecified atom stereocenters. The summed E-state index contributed by atoms with van der Waals surface area (Å²) in [7, 11) is 0. The number of nitrogens with zero attached hydrogens (tertiary/aromatic N) is 4. The smallest absolute Gasteiger partial charge is 0.317 e. The fraction of sp³-hybridized carbons (Fsp3) is 0.786. The van der Waals surface area contributed by atoms with Crippen molar-refractivity contribution in [2.45, 2.75) is 45.2 Å². The molecule has 0 saturated carbocycles. The van der Waals surface area contributed by atoms with Crippen molar-refractivity contribution < 1.29 is 9.32 Å². The number of amides is 2. The molecule has 0 aromatic carbocycles. The van der Waals surface area contributed by atoms with Crippen LogP contribution in [0.1, 0.15) is 37.9 Å². The van der Waals surface area contributed by atoms with Crippen molar-refractivity contribution in [2.24, 2.45) is 0 Å². The Kier molecular flexibility index (Phi) is 4.38. The molecule has 21 heavy (non-hydrogen) atoms. The molecule has 7 nitrogen and oxygen atoms in total. The minimum atomic E-state index is 0.0934. The molecule has 2 aliphatic heterocycles. The maximum atomic E-state index is 11.7. The third-order valence-corrected chi connectivity index (χ3v) is 4.23. The maximum Gasteiger partial charge on any atom is 0.317 e. The van der Waals surface area contributed by atoms with E-state index in [-0.39, 0.29) is 6.03 Å². The number of carbonyl (C=O) groups is 1. The van der Waals surface area contributed by atoms with Crippen molar-refractivity contribution in [3.63, 3.8) is 0 Å². The number of piperidine rings is 1. The van der Waals surface area contributed by atoms with E-state index in [2.05, 4.69) is 27.3 Å². The molecule has 3 rings (SSSR count). The number of carbonyl (C=O) groups excluding carboxylic acids is 1. The number of likely N-dealkylation sites (tertiary alicyclic amines) is 1. The zero-order valence-electron chi connectivity index (χ0n) is 12.5. The summed E-state index contributed by atoms with van der Waals surface area (Å²) in [5.74, 6) is 1.51. The van der Waals surface area contributed by atoms with Gasteiger partial charge in [0.05, 0.1) is 6.54 Å². The van der Waals surface area contributed by atoms with Gasteiger partial charge < -0.3 is 14.7 Å². The first kappa shape index (κ1) is 14.3. The Balaban J connectivity index is 1.48. The summed E-state index contributed by atoms with van der Waals surface area (Å²) in [6, 6.07) is 0.473. The van der Waals surface area contributed by atoms with E-state index < -0.39 is 0 Å². The second-order valence-corrected chi connectivity index (χ2v) is 5.79. The number of hydrogen-bond acceptors (Lipinski definition) is 5. The Hall–Kier alpha value is -1.63. The van der Waals surface area contributed by atoms with Gasteiger partial charge in [-0.1, -0.05) is 12.1 Å². The molecule has 1 N–H and O–H groups in total. The molecule has 0 atom stereocenters. The van der Waals surface area contributed by atoms with Gasteiger partial charge in [0.15, 0.2) is 5.82 Å². The predicted molar refractivity (Wildman–Crippen MR) is 76.7 cm³/mol. The lowest BCUT2D eigenvalue weighted by Crippen LogP contribution is -2.45. The molecule has 116 valence electrons. The number of aryl methyl sites for hydroxylation is 1. The molecule has 2 fully saturated rings. The van der Waals surface area contributed by atoms with Crippen LogP contribution in [0.25, 0.3) is 0 Å². The molecule has 2 amide bonds. The van der Waals surface area contributed by atoms with Crippen LogP contribution in [0.4, 0.5) is 4.79 Å². The van der Waals surface area contributed by atoms with E-state index in [0.29, 0.717) is 6.04 Å². The third-order valence-electron chi connectivity index (χ3n) is 4.23. The lowest BCUT2D eigenvalue weighted by atomic mass is 10.0. The van der Waals surface area contributed by atoms with Crippen LogP contribution >= 0.6 is 0 Å². The molecular formula is C14H23N5O2. The van der Waals surface area contributed by atoms with Gasteiger partial charge in [-0.25, -0.2) is 4.79 Å². The number of hydrogen-bond donors (Lipinski definition) is 1. The third kappa shape index (κ3) is 3.34. The summed E-state index contributed by atoms with van der Waals surface area (Å²) in [5, 5.41) is 6.91. The van der Waals surface area contributed by atoms with Crippen LogP contribution in [-0.4, -0.2) is 58.2 Å². The highest BCUT2D eigenvalue weighted by Crippen LogP contribution is 2.19. The van der Waals surface area contributed by atoms with Crippen molar-refractivity contribution in [2.75, 3.05) is 26.2 Å². The largest absolute Gasteiger partial charge is 0.339 e. The van der Waals surface area contributed by atoms with Gasteiger partial charge in [0.2, 0.25) is 5.89 Å². The van der Waals surface area contributed by atoms with Crippen molar-refractivity contribution in [1.82, 2.24) is 25.3 Å². The van der Waals surface area contributed by atoms with Crippen LogP contribution in [-0.2, 0) is 13.0 Å². The molecule has 0 radical (unpaired) electrons. The molecule has 0 aliphatic carbocycles. The van der Waals surface area contributed by atoms with Gasteiger partial charge >= 0.3 is 6.03 Å². The Morgan fingerprint density at radius 2 is 2.14 bits per heavy atom. The second kappa shape index (κ2) is 6.43. The SMILES string of the molecule is CCCc1nc(CN2CCC(N3CCNC3=O)CC2)no1. The van der Waals surface area contributed by atoms with Crippen molar-refractivity contribution in [1.29, 1.82) is 0 Å². The quantitative estimate of drug-likeness (QED) is 0.877. The fourth-order valence-electron chi connectivity index (χ4n) is 3.09. The summed E-state index contributed by atoms with van der Waals surface area (Å²) in [6.07, 6.45) is 3.91. The number of rotatable bonds is 5. The van der Waals surface area contributed by atoms with Crippen molar-refractivity contribution in [3.05, 3.63) is 11.7 Å². The van der Waals surface area contributed by atoms with Crippen molar-refractivity contribution in [3.8, 4) is 0 Å². The van der Waals surface area contributed by atoms with Crippen LogP contribution in [0.2, 0.25) is 0 Å². The summed E-state index contributed by atoms with van der Waals surface area (Å²) in [6.45, 7) is 6.42. The Morgan fingerprint density at radius 1 is 1.33 bits per heavy atom. The van der Waals surface area contributed by atoms with Crippen LogP contribution in [0.5, 0.6) is 0 Å². The second-order valence-electron chi connectivity index (χ2n) is 5.79. The number of urea groups is 1. The van der Waals surface area contributed by atoms with E-state index in [0.717, 1.165) is 70.1 Å². The fourth-order valence-corrected chi connectivity index (χ4v) is 3.09. The van der Waals surface area contributed by atoms with Gasteiger partial charge in [-0.15, -0.1) is 0 Å². The molecular weight excluding hydrogens is 270 g/mol. The van der Waals surface area contributed by atoms with Crippen LogP contribution in [0.15, 0.2) is 4.52 Å². The van der Waals surface area contributed by atoms with Crippen LogP contribution in [0, 0.1) is 0 Å². The van der Waals surface area contributed by atoms with Crippen molar-refractivity contribution >= 4 is 6.03 Å². The first-order valence-electron chi connectivity index (χ1n) is 7.84. The molecule has 0 bridgehead atoms. The Morgan fingerprint density at radius 3 is 2.81 bits per heavy atom. The number of nitrogens with one attached hydrogen (secondary N) is 1. The Bertz CT molecular complexity index is 481. The molecule has 1 aromatic rings. The number of aromatic nitrogens is 2. The van der Waals surface area contributed by atoms with Gasteiger partial charge in [0.1, 0.15) is 0 Å². The average Bonchev–Trinajstić information content (AvgIpc) is 3.10. The summed E-state index contributed by atoms with van der Waals surface area (Å²) in [4.78, 5) is 20.4. The Labute approximate surface area is 124 Å². The summed E-state index contributed by atoms with van der Waals surface area (Å²) >= 11 is 0. The highest BCUT2D eigenvalue weighted by molar-refractivity contribution is 5.76. The average molecular weight is 293 g/mol. The standard InChI is InChI=1S/C14H23N5O2/c1-2-3-13-16-12(17-21-13)10-18-7-4-11(5-8-18)19-9-6-15-14(19)20/h11H,2-10H2,1H3,(H,15,20). The van der Waals surface area contributed by atoms with Gasteiger partial charge in [-0.05, 0) is 19.3 Å². The van der Waals surface area contributed by atoms with Gasteiger partial charge in [-0.3, -0.25) is 4.90 Å². The monoisotopic (exact) mass is 293 g/mol. The molecule has 3 heterocycles. The molecule has 7 heteroatoms. The summed E-state index contributed by atoms with van der Waals surface area (Å²) in [5.41, 5.74) is 0. The molecule has 0 spiro atoms. The lowest BCUT2D eigenvalue weighted by Gasteiger charge is -2.35. The maximum absolute atomic E-state index is 11.7. The summed E-state index contributed by atoms with van der Waals surface area (Å²) < 4.78 is 5.21. The van der Waals surface area contributed by atoms with E-state index in [1.807, 2.05) is 4.90 Å². The minimum absolute atomic E-state index is 0.0934.